The number of H-pyrrole nitrogens is 1. The number of hydrogen-bond acceptors (Lipinski definition) is 4. The number of rotatable bonds is 5. The average Bonchev–Trinajstić information content (AvgIpc) is 3.32. The van der Waals surface area contributed by atoms with Crippen molar-refractivity contribution in [3.8, 4) is 0 Å². The number of nitrogens with one attached hydrogen (secondary N) is 2. The number of aromatic nitrogens is 1. The van der Waals surface area contributed by atoms with Gasteiger partial charge < -0.3 is 19.9 Å². The molecule has 7 heteroatoms. The van der Waals surface area contributed by atoms with Gasteiger partial charge in [0.25, 0.3) is 0 Å². The molecular weight excluding hydrogens is 422 g/mol. The fourth-order valence-corrected chi connectivity index (χ4v) is 4.94. The van der Waals surface area contributed by atoms with Gasteiger partial charge in [-0.05, 0) is 55.9 Å². The molecule has 4 rings (SSSR count). The lowest BCUT2D eigenvalue weighted by Crippen LogP contribution is -2.42. The van der Waals surface area contributed by atoms with Gasteiger partial charge >= 0.3 is 5.97 Å². The van der Waals surface area contributed by atoms with E-state index in [4.69, 9.17) is 4.74 Å². The highest BCUT2D eigenvalue weighted by molar-refractivity contribution is 9.10. The lowest BCUT2D eigenvalue weighted by molar-refractivity contribution is -0.150. The molecule has 2 aliphatic rings. The molecule has 2 aromatic rings. The number of methoxy groups -OCH3 is 1. The minimum absolute atomic E-state index is 0.0250. The van der Waals surface area contributed by atoms with Crippen LogP contribution in [0, 0.1) is 0 Å². The van der Waals surface area contributed by atoms with Crippen molar-refractivity contribution in [2.24, 2.45) is 0 Å². The molecule has 2 heterocycles. The standard InChI is InChI=1S/C21H26BrN3O3/c1-28-21(27)18-6-3-11-25(18)19(26)9-10-23-17-5-2-4-14-15-12-13(22)7-8-16(15)24-20(14)17/h7-8,12,17-18,23-24H,2-6,9-11H2,1H3/t17?,18-/m0/s1. The molecule has 6 nitrogen and oxygen atoms in total. The van der Waals surface area contributed by atoms with Gasteiger partial charge in [-0.3, -0.25) is 4.79 Å². The van der Waals surface area contributed by atoms with E-state index in [1.165, 1.54) is 23.8 Å². The molecule has 0 radical (unpaired) electrons. The number of hydrogen-bond donors (Lipinski definition) is 2. The largest absolute Gasteiger partial charge is 0.467 e. The van der Waals surface area contributed by atoms with Gasteiger partial charge in [-0.15, -0.1) is 0 Å². The van der Waals surface area contributed by atoms with Crippen LogP contribution < -0.4 is 5.32 Å². The third-order valence-corrected chi connectivity index (χ3v) is 6.44. The number of aryl methyl sites for hydroxylation is 1. The quantitative estimate of drug-likeness (QED) is 0.688. The Labute approximate surface area is 173 Å². The van der Waals surface area contributed by atoms with Crippen LogP contribution in [0.1, 0.15) is 49.4 Å². The summed E-state index contributed by atoms with van der Waals surface area (Å²) < 4.78 is 5.93. The summed E-state index contributed by atoms with van der Waals surface area (Å²) in [5.74, 6) is -0.281. The van der Waals surface area contributed by atoms with Crippen molar-refractivity contribution in [2.45, 2.75) is 50.6 Å². The molecular formula is C21H26BrN3O3. The topological polar surface area (TPSA) is 74.4 Å². The smallest absolute Gasteiger partial charge is 0.328 e. The monoisotopic (exact) mass is 447 g/mol. The maximum Gasteiger partial charge on any atom is 0.328 e. The molecule has 28 heavy (non-hydrogen) atoms. The van der Waals surface area contributed by atoms with Crippen LogP contribution in [0.2, 0.25) is 0 Å². The summed E-state index contributed by atoms with van der Waals surface area (Å²) >= 11 is 3.57. The molecule has 1 aromatic carbocycles. The van der Waals surface area contributed by atoms with Gasteiger partial charge in [-0.25, -0.2) is 4.79 Å². The first-order chi connectivity index (χ1) is 13.6. The number of aromatic amines is 1. The number of carbonyl (C=O) groups excluding carboxylic acids is 2. The number of carbonyl (C=O) groups is 2. The molecule has 1 unspecified atom stereocenters. The zero-order valence-corrected chi connectivity index (χ0v) is 17.7. The minimum atomic E-state index is -0.411. The van der Waals surface area contributed by atoms with Gasteiger partial charge in [0.2, 0.25) is 5.91 Å². The van der Waals surface area contributed by atoms with Gasteiger partial charge in [0.15, 0.2) is 0 Å². The number of fused-ring (bicyclic) bond motifs is 3. The molecule has 1 aromatic heterocycles. The number of likely N-dealkylation sites (tertiary alicyclic amines) is 1. The number of nitrogens with zero attached hydrogens (tertiary/aromatic N) is 1. The van der Waals surface area contributed by atoms with Crippen molar-refractivity contribution in [3.05, 3.63) is 33.9 Å². The van der Waals surface area contributed by atoms with E-state index in [2.05, 4.69) is 44.4 Å². The van der Waals surface area contributed by atoms with E-state index in [0.29, 0.717) is 25.9 Å². The van der Waals surface area contributed by atoms with Crippen LogP contribution in [0.15, 0.2) is 22.7 Å². The van der Waals surface area contributed by atoms with Gasteiger partial charge in [-0.1, -0.05) is 15.9 Å². The Hall–Kier alpha value is -1.86. The SMILES string of the molecule is COC(=O)[C@@H]1CCCN1C(=O)CCNC1CCCc2c1[nH]c1ccc(Br)cc21. The van der Waals surface area contributed by atoms with Crippen LogP contribution in [0.5, 0.6) is 0 Å². The van der Waals surface area contributed by atoms with Gasteiger partial charge in [0.1, 0.15) is 6.04 Å². The van der Waals surface area contributed by atoms with Crippen LogP contribution in [-0.4, -0.2) is 48.0 Å². The molecule has 0 bridgehead atoms. The highest BCUT2D eigenvalue weighted by Crippen LogP contribution is 2.35. The van der Waals surface area contributed by atoms with E-state index in [1.807, 2.05) is 0 Å². The summed E-state index contributed by atoms with van der Waals surface area (Å²) in [6.45, 7) is 1.25. The maximum absolute atomic E-state index is 12.6. The van der Waals surface area contributed by atoms with Crippen LogP contribution >= 0.6 is 15.9 Å². The molecule has 1 aliphatic heterocycles. The minimum Gasteiger partial charge on any atom is -0.467 e. The Balaban J connectivity index is 1.39. The predicted octanol–water partition coefficient (Wildman–Crippen LogP) is 3.45. The van der Waals surface area contributed by atoms with E-state index in [-0.39, 0.29) is 17.9 Å². The lowest BCUT2D eigenvalue weighted by Gasteiger charge is -2.25. The Bertz CT molecular complexity index is 894. The van der Waals surface area contributed by atoms with E-state index >= 15 is 0 Å². The van der Waals surface area contributed by atoms with E-state index in [1.54, 1.807) is 4.90 Å². The van der Waals surface area contributed by atoms with E-state index in [9.17, 15) is 9.59 Å². The van der Waals surface area contributed by atoms with Crippen LogP contribution in [-0.2, 0) is 20.7 Å². The molecule has 0 spiro atoms. The van der Waals surface area contributed by atoms with Crippen molar-refractivity contribution >= 4 is 38.7 Å². The Morgan fingerprint density at radius 3 is 3.00 bits per heavy atom. The molecule has 1 saturated heterocycles. The van der Waals surface area contributed by atoms with Crippen molar-refractivity contribution in [2.75, 3.05) is 20.2 Å². The summed E-state index contributed by atoms with van der Waals surface area (Å²) in [4.78, 5) is 29.7. The van der Waals surface area contributed by atoms with Crippen molar-refractivity contribution in [3.63, 3.8) is 0 Å². The zero-order valence-electron chi connectivity index (χ0n) is 16.1. The second kappa shape index (κ2) is 8.25. The Morgan fingerprint density at radius 2 is 2.18 bits per heavy atom. The summed E-state index contributed by atoms with van der Waals surface area (Å²) in [7, 11) is 1.38. The summed E-state index contributed by atoms with van der Waals surface area (Å²) in [5, 5.41) is 4.84. The first-order valence-corrected chi connectivity index (χ1v) is 10.8. The summed E-state index contributed by atoms with van der Waals surface area (Å²) in [6, 6.07) is 6.16. The molecule has 1 amide bonds. The average molecular weight is 448 g/mol. The molecule has 1 fully saturated rings. The Kier molecular flexibility index (Phi) is 5.73. The Morgan fingerprint density at radius 1 is 1.32 bits per heavy atom. The van der Waals surface area contributed by atoms with Gasteiger partial charge in [0.05, 0.1) is 7.11 Å². The number of esters is 1. The summed E-state index contributed by atoms with van der Waals surface area (Å²) in [5.41, 5.74) is 3.80. The normalized spacial score (nSPS) is 21.7. The number of ether oxygens (including phenoxy) is 1. The molecule has 1 aliphatic carbocycles. The van der Waals surface area contributed by atoms with Crippen molar-refractivity contribution < 1.29 is 14.3 Å². The second-order valence-corrected chi connectivity index (χ2v) is 8.54. The third kappa shape index (κ3) is 3.70. The predicted molar refractivity (Wildman–Crippen MR) is 111 cm³/mol. The van der Waals surface area contributed by atoms with Gasteiger partial charge in [0, 0.05) is 46.6 Å². The molecule has 2 N–H and O–H groups in total. The summed E-state index contributed by atoms with van der Waals surface area (Å²) in [6.07, 6.45) is 5.22. The first-order valence-electron chi connectivity index (χ1n) is 9.99. The maximum atomic E-state index is 12.6. The second-order valence-electron chi connectivity index (χ2n) is 7.62. The molecule has 0 saturated carbocycles. The third-order valence-electron chi connectivity index (χ3n) is 5.95. The van der Waals surface area contributed by atoms with Gasteiger partial charge in [-0.2, -0.15) is 0 Å². The highest BCUT2D eigenvalue weighted by Gasteiger charge is 2.34. The number of benzene rings is 1. The fraction of sp³-hybridized carbons (Fsp3) is 0.524. The highest BCUT2D eigenvalue weighted by atomic mass is 79.9. The fourth-order valence-electron chi connectivity index (χ4n) is 4.58. The number of amides is 1. The van der Waals surface area contributed by atoms with Crippen LogP contribution in [0.3, 0.4) is 0 Å². The number of halogens is 1. The van der Waals surface area contributed by atoms with Crippen molar-refractivity contribution in [1.29, 1.82) is 0 Å². The molecule has 150 valence electrons. The molecule has 2 atom stereocenters. The lowest BCUT2D eigenvalue weighted by atomic mass is 9.91. The van der Waals surface area contributed by atoms with Crippen LogP contribution in [0.4, 0.5) is 0 Å². The first kappa shape index (κ1) is 19.5. The zero-order chi connectivity index (χ0) is 19.7. The van der Waals surface area contributed by atoms with Crippen LogP contribution in [0.25, 0.3) is 10.9 Å². The van der Waals surface area contributed by atoms with E-state index in [0.717, 1.165) is 35.7 Å². The van der Waals surface area contributed by atoms with E-state index < -0.39 is 6.04 Å². The van der Waals surface area contributed by atoms with Crippen molar-refractivity contribution in [1.82, 2.24) is 15.2 Å².